The fourth-order valence-corrected chi connectivity index (χ4v) is 5.28. The van der Waals surface area contributed by atoms with Crippen LogP contribution in [0.3, 0.4) is 0 Å². The Morgan fingerprint density at radius 1 is 1.11 bits per heavy atom. The molecule has 9 heteroatoms. The van der Waals surface area contributed by atoms with Gasteiger partial charge in [0.15, 0.2) is 11.5 Å². The molecule has 0 aliphatic carbocycles. The normalized spacial score (nSPS) is 17.3. The molecule has 1 saturated heterocycles. The number of halogens is 1. The van der Waals surface area contributed by atoms with Crippen LogP contribution in [-0.4, -0.2) is 58.3 Å². The van der Waals surface area contributed by atoms with E-state index in [-0.39, 0.29) is 12.1 Å². The second-order valence-electron chi connectivity index (χ2n) is 9.57. The van der Waals surface area contributed by atoms with E-state index in [1.54, 1.807) is 13.2 Å². The molecule has 8 nitrogen and oxygen atoms in total. The van der Waals surface area contributed by atoms with Gasteiger partial charge in [0, 0.05) is 41.9 Å². The average molecular weight is 514 g/mol. The number of benzene rings is 2. The van der Waals surface area contributed by atoms with Crippen LogP contribution >= 0.6 is 0 Å². The van der Waals surface area contributed by atoms with Crippen LogP contribution in [-0.2, 0) is 4.79 Å². The molecular weight excluding hydrogens is 485 g/mol. The van der Waals surface area contributed by atoms with E-state index in [4.69, 9.17) is 14.5 Å². The number of hydrogen-bond donors (Lipinski definition) is 1. The van der Waals surface area contributed by atoms with Crippen LogP contribution in [0.25, 0.3) is 28.2 Å². The molecule has 4 aromatic rings. The number of aromatic nitrogens is 3. The minimum Gasteiger partial charge on any atom is -0.491 e. The molecule has 38 heavy (non-hydrogen) atoms. The molecule has 1 N–H and O–H groups in total. The predicted octanol–water partition coefficient (Wildman–Crippen LogP) is 4.57. The number of rotatable bonds is 6. The van der Waals surface area contributed by atoms with Gasteiger partial charge in [0.25, 0.3) is 5.91 Å². The highest BCUT2D eigenvalue weighted by atomic mass is 19.1. The molecule has 1 atom stereocenters. The summed E-state index contributed by atoms with van der Waals surface area (Å²) in [6.45, 7) is 4.66. The van der Waals surface area contributed by atoms with E-state index >= 15 is 0 Å². The average Bonchev–Trinajstić information content (AvgIpc) is 3.54. The van der Waals surface area contributed by atoms with E-state index in [0.29, 0.717) is 25.6 Å². The van der Waals surface area contributed by atoms with Crippen LogP contribution in [0.15, 0.2) is 73.1 Å². The monoisotopic (exact) mass is 513 g/mol. The summed E-state index contributed by atoms with van der Waals surface area (Å²) in [6, 6.07) is 20.2. The quantitative estimate of drug-likeness (QED) is 0.381. The fourth-order valence-electron chi connectivity index (χ4n) is 5.28. The lowest BCUT2D eigenvalue weighted by Gasteiger charge is -2.33. The third-order valence-corrected chi connectivity index (χ3v) is 7.23. The molecule has 1 fully saturated rings. The lowest BCUT2D eigenvalue weighted by Crippen LogP contribution is -2.46. The fraction of sp³-hybridized carbons (Fsp3) is 0.276. The summed E-state index contributed by atoms with van der Waals surface area (Å²) < 4.78 is 26.5. The number of nitrogens with one attached hydrogen (secondary N) is 1. The molecule has 0 radical (unpaired) electrons. The maximum absolute atomic E-state index is 13.2. The molecule has 1 amide bonds. The van der Waals surface area contributed by atoms with Crippen molar-refractivity contribution in [2.24, 2.45) is 0 Å². The number of hydrogen-bond acceptors (Lipinski definition) is 6. The Balaban J connectivity index is 1.27. The maximum atomic E-state index is 13.2. The van der Waals surface area contributed by atoms with Crippen molar-refractivity contribution in [2.75, 3.05) is 26.8 Å². The lowest BCUT2D eigenvalue weighted by atomic mass is 9.99. The first kappa shape index (κ1) is 24.1. The Morgan fingerprint density at radius 2 is 1.89 bits per heavy atom. The summed E-state index contributed by atoms with van der Waals surface area (Å²) in [7, 11) is 1.60. The standard InChI is InChI=1S/C29H28FN5O3/c1-18(30)29(36)34-14-12-21(13-15-34)31-23-17-38-24-16-20(8-9-22(23)24)27-28(19-6-4-3-5-7-19)35-25(32-27)10-11-26(33-35)37-2/h3-11,16,21,23,31H,1,12-15,17H2,2H3/t23-/m0/s1. The number of carbonyl (C=O) groups is 1. The number of carbonyl (C=O) groups excluding carboxylic acids is 1. The third kappa shape index (κ3) is 4.39. The summed E-state index contributed by atoms with van der Waals surface area (Å²) in [4.78, 5) is 18.3. The van der Waals surface area contributed by atoms with Crippen molar-refractivity contribution < 1.29 is 18.7 Å². The topological polar surface area (TPSA) is 81.0 Å². The first-order valence-corrected chi connectivity index (χ1v) is 12.7. The van der Waals surface area contributed by atoms with E-state index in [2.05, 4.69) is 29.1 Å². The number of ether oxygens (including phenoxy) is 2. The second-order valence-corrected chi connectivity index (χ2v) is 9.57. The van der Waals surface area contributed by atoms with Crippen LogP contribution in [0, 0.1) is 0 Å². The summed E-state index contributed by atoms with van der Waals surface area (Å²) in [6.07, 6.45) is 1.50. The molecule has 0 spiro atoms. The van der Waals surface area contributed by atoms with Gasteiger partial charge in [0.1, 0.15) is 18.1 Å². The number of amides is 1. The zero-order chi connectivity index (χ0) is 26.2. The van der Waals surface area contributed by atoms with Gasteiger partial charge in [-0.25, -0.2) is 13.9 Å². The van der Waals surface area contributed by atoms with Crippen LogP contribution < -0.4 is 14.8 Å². The first-order chi connectivity index (χ1) is 18.5. The van der Waals surface area contributed by atoms with Gasteiger partial charge >= 0.3 is 0 Å². The van der Waals surface area contributed by atoms with Crippen LogP contribution in [0.1, 0.15) is 24.4 Å². The van der Waals surface area contributed by atoms with E-state index in [1.165, 1.54) is 4.90 Å². The smallest absolute Gasteiger partial charge is 0.281 e. The highest BCUT2D eigenvalue weighted by Gasteiger charge is 2.30. The van der Waals surface area contributed by atoms with Gasteiger partial charge in [-0.1, -0.05) is 49.0 Å². The van der Waals surface area contributed by atoms with Crippen molar-refractivity contribution >= 4 is 11.6 Å². The Morgan fingerprint density at radius 3 is 2.63 bits per heavy atom. The number of methoxy groups -OCH3 is 1. The molecule has 6 rings (SSSR count). The first-order valence-electron chi connectivity index (χ1n) is 12.7. The molecule has 0 saturated carbocycles. The molecule has 4 heterocycles. The van der Waals surface area contributed by atoms with Crippen LogP contribution in [0.5, 0.6) is 11.6 Å². The highest BCUT2D eigenvalue weighted by Crippen LogP contribution is 2.39. The van der Waals surface area contributed by atoms with E-state index in [1.807, 2.05) is 47.0 Å². The van der Waals surface area contributed by atoms with Gasteiger partial charge in [-0.3, -0.25) is 4.79 Å². The summed E-state index contributed by atoms with van der Waals surface area (Å²) in [5, 5.41) is 8.30. The van der Waals surface area contributed by atoms with Crippen molar-refractivity contribution in [3.8, 4) is 34.1 Å². The van der Waals surface area contributed by atoms with Gasteiger partial charge in [-0.2, -0.15) is 0 Å². The molecular formula is C29H28FN5O3. The Labute approximate surface area is 219 Å². The van der Waals surface area contributed by atoms with Gasteiger partial charge in [-0.05, 0) is 25.0 Å². The number of piperidine rings is 1. The predicted molar refractivity (Wildman–Crippen MR) is 142 cm³/mol. The van der Waals surface area contributed by atoms with Crippen molar-refractivity contribution in [2.45, 2.75) is 24.9 Å². The van der Waals surface area contributed by atoms with Crippen molar-refractivity contribution in [3.63, 3.8) is 0 Å². The zero-order valence-corrected chi connectivity index (χ0v) is 21.1. The third-order valence-electron chi connectivity index (χ3n) is 7.23. The number of imidazole rings is 1. The number of nitrogens with zero attached hydrogens (tertiary/aromatic N) is 4. The van der Waals surface area contributed by atoms with E-state index < -0.39 is 11.7 Å². The zero-order valence-electron chi connectivity index (χ0n) is 21.1. The SMILES string of the molecule is C=C(F)C(=O)N1CCC(N[C@H]2COc3cc(-c4nc5ccc(OC)nn5c4-c4ccccc4)ccc32)CC1. The molecule has 0 unspecified atom stereocenters. The second kappa shape index (κ2) is 9.90. The van der Waals surface area contributed by atoms with E-state index in [0.717, 1.165) is 52.3 Å². The van der Waals surface area contributed by atoms with Gasteiger partial charge in [0.2, 0.25) is 5.88 Å². The number of likely N-dealkylation sites (tertiary alicyclic amines) is 1. The summed E-state index contributed by atoms with van der Waals surface area (Å²) >= 11 is 0. The van der Waals surface area contributed by atoms with Gasteiger partial charge in [0.05, 0.1) is 18.8 Å². The molecule has 2 aliphatic heterocycles. The minimum absolute atomic E-state index is 0.0445. The lowest BCUT2D eigenvalue weighted by molar-refractivity contribution is -0.129. The van der Waals surface area contributed by atoms with Crippen LogP contribution in [0.4, 0.5) is 4.39 Å². The molecule has 2 aliphatic rings. The Hall–Kier alpha value is -4.24. The summed E-state index contributed by atoms with van der Waals surface area (Å²) in [5.74, 6) is -0.181. The molecule has 2 aromatic carbocycles. The van der Waals surface area contributed by atoms with Crippen molar-refractivity contribution in [1.82, 2.24) is 24.8 Å². The van der Waals surface area contributed by atoms with Gasteiger partial charge in [-0.15, -0.1) is 5.10 Å². The Bertz CT molecular complexity index is 1510. The van der Waals surface area contributed by atoms with Gasteiger partial charge < -0.3 is 19.7 Å². The minimum atomic E-state index is -0.902. The van der Waals surface area contributed by atoms with Crippen molar-refractivity contribution in [3.05, 3.63) is 78.6 Å². The van der Waals surface area contributed by atoms with Crippen LogP contribution in [0.2, 0.25) is 0 Å². The Kier molecular flexibility index (Phi) is 6.29. The maximum Gasteiger partial charge on any atom is 0.281 e. The number of fused-ring (bicyclic) bond motifs is 2. The molecule has 2 aromatic heterocycles. The van der Waals surface area contributed by atoms with E-state index in [9.17, 15) is 9.18 Å². The largest absolute Gasteiger partial charge is 0.491 e. The molecule has 194 valence electrons. The summed E-state index contributed by atoms with van der Waals surface area (Å²) in [5.41, 5.74) is 5.44. The highest BCUT2D eigenvalue weighted by molar-refractivity contribution is 5.90. The van der Waals surface area contributed by atoms with Crippen molar-refractivity contribution in [1.29, 1.82) is 0 Å². The molecule has 0 bridgehead atoms.